The molecule has 132 valence electrons. The zero-order valence-electron chi connectivity index (χ0n) is 17.7. The zero-order chi connectivity index (χ0) is 18.4. The van der Waals surface area contributed by atoms with Crippen molar-refractivity contribution in [2.45, 2.75) is 94.9 Å². The lowest BCUT2D eigenvalue weighted by molar-refractivity contribution is 0.283. The summed E-state index contributed by atoms with van der Waals surface area (Å²) in [5, 5.41) is 0. The SMILES string of the molecule is CC.CC.CC(C)C(C)(C)C.CCC(C)(C)c1ccccc1. The van der Waals surface area contributed by atoms with E-state index >= 15 is 0 Å². The highest BCUT2D eigenvalue weighted by molar-refractivity contribution is 5.22. The summed E-state index contributed by atoms with van der Waals surface area (Å²) in [7, 11) is 0. The minimum absolute atomic E-state index is 0.335. The molecule has 0 heteroatoms. The van der Waals surface area contributed by atoms with Crippen LogP contribution in [0, 0.1) is 11.3 Å². The molecule has 1 rings (SSSR count). The molecule has 0 aliphatic rings. The van der Waals surface area contributed by atoms with Crippen molar-refractivity contribution in [3.63, 3.8) is 0 Å². The summed E-state index contributed by atoms with van der Waals surface area (Å²) in [4.78, 5) is 0. The van der Waals surface area contributed by atoms with Crippen LogP contribution in [0.1, 0.15) is 95.1 Å². The molecule has 0 nitrogen and oxygen atoms in total. The predicted molar refractivity (Wildman–Crippen MR) is 107 cm³/mol. The van der Waals surface area contributed by atoms with Gasteiger partial charge in [-0.25, -0.2) is 0 Å². The molecular formula is C22H44. The third-order valence-electron chi connectivity index (χ3n) is 4.17. The molecule has 0 heterocycles. The van der Waals surface area contributed by atoms with Gasteiger partial charge in [0.05, 0.1) is 0 Å². The Morgan fingerprint density at radius 2 is 1.09 bits per heavy atom. The Hall–Kier alpha value is -0.780. The van der Waals surface area contributed by atoms with Gasteiger partial charge in [-0.2, -0.15) is 0 Å². The summed E-state index contributed by atoms with van der Waals surface area (Å²) in [5.74, 6) is 0.799. The van der Waals surface area contributed by atoms with Crippen LogP contribution in [0.3, 0.4) is 0 Å². The van der Waals surface area contributed by atoms with E-state index in [0.717, 1.165) is 5.92 Å². The van der Waals surface area contributed by atoms with E-state index in [1.807, 2.05) is 27.7 Å². The van der Waals surface area contributed by atoms with E-state index in [0.29, 0.717) is 10.8 Å². The Balaban J connectivity index is -0.000000285. The molecule has 0 radical (unpaired) electrons. The molecule has 0 saturated heterocycles. The zero-order valence-corrected chi connectivity index (χ0v) is 17.7. The average Bonchev–Trinajstić information content (AvgIpc) is 2.52. The summed E-state index contributed by atoms with van der Waals surface area (Å²) in [6.45, 7) is 26.1. The first-order valence-electron chi connectivity index (χ1n) is 9.16. The maximum absolute atomic E-state index is 2.28. The van der Waals surface area contributed by atoms with E-state index in [9.17, 15) is 0 Å². The largest absolute Gasteiger partial charge is 0.0683 e. The maximum Gasteiger partial charge on any atom is -0.0106 e. The van der Waals surface area contributed by atoms with Crippen LogP contribution in [-0.2, 0) is 5.41 Å². The van der Waals surface area contributed by atoms with Crippen molar-refractivity contribution in [2.24, 2.45) is 11.3 Å². The van der Waals surface area contributed by atoms with Crippen molar-refractivity contribution in [3.8, 4) is 0 Å². The van der Waals surface area contributed by atoms with Crippen LogP contribution in [0.15, 0.2) is 30.3 Å². The number of benzene rings is 1. The van der Waals surface area contributed by atoms with Crippen LogP contribution in [-0.4, -0.2) is 0 Å². The van der Waals surface area contributed by atoms with E-state index in [1.54, 1.807) is 0 Å². The molecule has 0 saturated carbocycles. The van der Waals surface area contributed by atoms with Crippen molar-refractivity contribution in [2.75, 3.05) is 0 Å². The van der Waals surface area contributed by atoms with Crippen LogP contribution >= 0.6 is 0 Å². The van der Waals surface area contributed by atoms with Gasteiger partial charge in [0.25, 0.3) is 0 Å². The van der Waals surface area contributed by atoms with Crippen molar-refractivity contribution >= 4 is 0 Å². The second-order valence-electron chi connectivity index (χ2n) is 7.12. The first kappa shape index (κ1) is 26.1. The minimum Gasteiger partial charge on any atom is -0.0683 e. The molecule has 0 amide bonds. The van der Waals surface area contributed by atoms with Gasteiger partial charge in [-0.15, -0.1) is 0 Å². The smallest absolute Gasteiger partial charge is 0.0106 e. The van der Waals surface area contributed by atoms with Crippen LogP contribution in [0.2, 0.25) is 0 Å². The van der Waals surface area contributed by atoms with Gasteiger partial charge in [0, 0.05) is 0 Å². The van der Waals surface area contributed by atoms with E-state index in [-0.39, 0.29) is 0 Å². The molecular weight excluding hydrogens is 264 g/mol. The Labute approximate surface area is 142 Å². The lowest BCUT2D eigenvalue weighted by Crippen LogP contribution is -2.14. The first-order valence-corrected chi connectivity index (χ1v) is 9.16. The van der Waals surface area contributed by atoms with Crippen LogP contribution < -0.4 is 0 Å². The molecule has 0 unspecified atom stereocenters. The van der Waals surface area contributed by atoms with Crippen molar-refractivity contribution in [1.82, 2.24) is 0 Å². The summed E-state index contributed by atoms with van der Waals surface area (Å²) in [6.07, 6.45) is 1.19. The second kappa shape index (κ2) is 13.9. The van der Waals surface area contributed by atoms with Crippen LogP contribution in [0.5, 0.6) is 0 Å². The fourth-order valence-corrected chi connectivity index (χ4v) is 1.09. The summed E-state index contributed by atoms with van der Waals surface area (Å²) in [6, 6.07) is 10.7. The van der Waals surface area contributed by atoms with E-state index < -0.39 is 0 Å². The fraction of sp³-hybridized carbons (Fsp3) is 0.727. The Morgan fingerprint density at radius 1 is 0.773 bits per heavy atom. The molecule has 0 aliphatic carbocycles. The summed E-state index contributed by atoms with van der Waals surface area (Å²) < 4.78 is 0. The van der Waals surface area contributed by atoms with E-state index in [4.69, 9.17) is 0 Å². The molecule has 0 aliphatic heterocycles. The maximum atomic E-state index is 2.28. The van der Waals surface area contributed by atoms with Crippen LogP contribution in [0.25, 0.3) is 0 Å². The standard InChI is InChI=1S/C11H16.C7H16.2C2H6/c1-4-11(2,3)10-8-6-5-7-9-10;1-6(2)7(3,4)5;2*1-2/h5-9H,4H2,1-3H3;6H,1-5H3;2*1-2H3. The van der Waals surface area contributed by atoms with Crippen LogP contribution in [0.4, 0.5) is 0 Å². The van der Waals surface area contributed by atoms with Crippen molar-refractivity contribution in [3.05, 3.63) is 35.9 Å². The molecule has 0 N–H and O–H groups in total. The topological polar surface area (TPSA) is 0 Å². The second-order valence-corrected chi connectivity index (χ2v) is 7.12. The van der Waals surface area contributed by atoms with Gasteiger partial charge in [-0.05, 0) is 28.7 Å². The quantitative estimate of drug-likeness (QED) is 0.517. The summed E-state index contributed by atoms with van der Waals surface area (Å²) >= 11 is 0. The van der Waals surface area contributed by atoms with Gasteiger partial charge in [-0.3, -0.25) is 0 Å². The molecule has 0 fully saturated rings. The molecule has 0 spiro atoms. The molecule has 22 heavy (non-hydrogen) atoms. The third kappa shape index (κ3) is 12.9. The highest BCUT2D eigenvalue weighted by atomic mass is 14.2. The number of rotatable bonds is 2. The monoisotopic (exact) mass is 308 g/mol. The van der Waals surface area contributed by atoms with Gasteiger partial charge in [0.1, 0.15) is 0 Å². The van der Waals surface area contributed by atoms with Gasteiger partial charge in [0.15, 0.2) is 0 Å². The first-order chi connectivity index (χ1) is 10.1. The predicted octanol–water partition coefficient (Wildman–Crippen LogP) is 8.12. The Morgan fingerprint density at radius 3 is 1.32 bits per heavy atom. The van der Waals surface area contributed by atoms with E-state index in [2.05, 4.69) is 85.7 Å². The lowest BCUT2D eigenvalue weighted by Gasteiger charge is -2.22. The molecule has 0 atom stereocenters. The van der Waals surface area contributed by atoms with Gasteiger partial charge in [0.2, 0.25) is 0 Å². The molecule has 1 aromatic rings. The Bertz CT molecular complexity index is 312. The van der Waals surface area contributed by atoms with Gasteiger partial charge >= 0.3 is 0 Å². The number of hydrogen-bond acceptors (Lipinski definition) is 0. The van der Waals surface area contributed by atoms with Crippen molar-refractivity contribution < 1.29 is 0 Å². The molecule has 1 aromatic carbocycles. The Kier molecular flexibility index (Phi) is 16.5. The number of hydrogen-bond donors (Lipinski definition) is 0. The average molecular weight is 309 g/mol. The van der Waals surface area contributed by atoms with Gasteiger partial charge in [-0.1, -0.05) is 113 Å². The normalized spacial score (nSPS) is 10.4. The van der Waals surface area contributed by atoms with E-state index in [1.165, 1.54) is 12.0 Å². The molecule has 0 aromatic heterocycles. The summed E-state index contributed by atoms with van der Waals surface area (Å²) in [5.41, 5.74) is 2.27. The highest BCUT2D eigenvalue weighted by Gasteiger charge is 2.16. The lowest BCUT2D eigenvalue weighted by atomic mass is 9.82. The molecule has 0 bridgehead atoms. The fourth-order valence-electron chi connectivity index (χ4n) is 1.09. The van der Waals surface area contributed by atoms with Crippen molar-refractivity contribution in [1.29, 1.82) is 0 Å². The van der Waals surface area contributed by atoms with Gasteiger partial charge < -0.3 is 0 Å². The highest BCUT2D eigenvalue weighted by Crippen LogP contribution is 2.25. The minimum atomic E-state index is 0.335. The third-order valence-corrected chi connectivity index (χ3v) is 4.17.